The van der Waals surface area contributed by atoms with E-state index in [1.807, 2.05) is 0 Å². The Hall–Kier alpha value is -1.63. The minimum Gasteiger partial charge on any atom is -0.468 e. The average Bonchev–Trinajstić information content (AvgIpc) is 2.38. The van der Waals surface area contributed by atoms with E-state index in [9.17, 15) is 14.0 Å². The first-order valence-corrected chi connectivity index (χ1v) is 6.69. The van der Waals surface area contributed by atoms with Gasteiger partial charge >= 0.3 is 5.97 Å². The minimum atomic E-state index is -0.613. The van der Waals surface area contributed by atoms with Gasteiger partial charge in [0.25, 0.3) is 5.91 Å². The van der Waals surface area contributed by atoms with Crippen molar-refractivity contribution in [2.75, 3.05) is 19.4 Å². The summed E-state index contributed by atoms with van der Waals surface area (Å²) in [4.78, 5) is 25.1. The number of rotatable bonds is 4. The highest BCUT2D eigenvalue weighted by Gasteiger charge is 2.24. The fraction of sp³-hybridized carbons (Fsp3) is 0.385. The number of carbonyl (C=O) groups excluding carboxylic acids is 2. The number of nitrogens with two attached hydrogens (primary N) is 1. The molecule has 0 unspecified atom stereocenters. The van der Waals surface area contributed by atoms with Crippen LogP contribution < -0.4 is 5.73 Å². The monoisotopic (exact) mass is 346 g/mol. The Balaban J connectivity index is 3.13. The van der Waals surface area contributed by atoms with Crippen molar-refractivity contribution >= 4 is 33.5 Å². The molecule has 0 atom stereocenters. The van der Waals surface area contributed by atoms with E-state index >= 15 is 0 Å². The van der Waals surface area contributed by atoms with Gasteiger partial charge in [-0.1, -0.05) is 0 Å². The number of halogens is 2. The molecule has 1 rings (SSSR count). The van der Waals surface area contributed by atoms with E-state index in [0.29, 0.717) is 0 Å². The maximum atomic E-state index is 13.3. The van der Waals surface area contributed by atoms with Crippen molar-refractivity contribution in [1.29, 1.82) is 0 Å². The van der Waals surface area contributed by atoms with Crippen molar-refractivity contribution in [3.05, 3.63) is 28.0 Å². The molecule has 0 aliphatic rings. The summed E-state index contributed by atoms with van der Waals surface area (Å²) in [6, 6.07) is 2.15. The van der Waals surface area contributed by atoms with Gasteiger partial charge in [0.2, 0.25) is 0 Å². The van der Waals surface area contributed by atoms with E-state index in [4.69, 9.17) is 5.73 Å². The van der Waals surface area contributed by atoms with Gasteiger partial charge in [-0.2, -0.15) is 0 Å². The molecule has 2 N–H and O–H groups in total. The van der Waals surface area contributed by atoms with Crippen LogP contribution in [0.3, 0.4) is 0 Å². The van der Waals surface area contributed by atoms with E-state index in [0.717, 1.165) is 6.07 Å². The number of carbonyl (C=O) groups is 2. The van der Waals surface area contributed by atoms with Crippen LogP contribution in [0, 0.1) is 5.82 Å². The van der Waals surface area contributed by atoms with E-state index in [2.05, 4.69) is 20.7 Å². The van der Waals surface area contributed by atoms with Gasteiger partial charge < -0.3 is 15.4 Å². The van der Waals surface area contributed by atoms with Crippen molar-refractivity contribution in [2.45, 2.75) is 19.9 Å². The smallest absolute Gasteiger partial charge is 0.325 e. The standard InChI is InChI=1S/C13H16BrFN2O3/c1-7(2)17(6-12(18)20-3)13(19)8-4-11(16)10(15)5-9(8)14/h4-5,7H,6,16H2,1-3H3. The van der Waals surface area contributed by atoms with E-state index in [-0.39, 0.29) is 28.3 Å². The second kappa shape index (κ2) is 6.69. The van der Waals surface area contributed by atoms with E-state index in [1.165, 1.54) is 18.1 Å². The van der Waals surface area contributed by atoms with Crippen LogP contribution in [0.4, 0.5) is 10.1 Å². The molecule has 0 saturated heterocycles. The van der Waals surface area contributed by atoms with Crippen LogP contribution in [0.5, 0.6) is 0 Å². The molecular weight excluding hydrogens is 331 g/mol. The maximum absolute atomic E-state index is 13.3. The second-order valence-corrected chi connectivity index (χ2v) is 5.31. The molecule has 0 radical (unpaired) electrons. The number of amides is 1. The number of ether oxygens (including phenoxy) is 1. The summed E-state index contributed by atoms with van der Waals surface area (Å²) in [5.74, 6) is -1.57. The topological polar surface area (TPSA) is 72.6 Å². The molecule has 0 heterocycles. The number of methoxy groups -OCH3 is 1. The summed E-state index contributed by atoms with van der Waals surface area (Å²) < 4.78 is 18.1. The van der Waals surface area contributed by atoms with Crippen molar-refractivity contribution in [1.82, 2.24) is 4.90 Å². The molecule has 1 amide bonds. The van der Waals surface area contributed by atoms with Crippen LogP contribution in [0.1, 0.15) is 24.2 Å². The first-order valence-electron chi connectivity index (χ1n) is 5.90. The first kappa shape index (κ1) is 16.4. The minimum absolute atomic E-state index is 0.127. The van der Waals surface area contributed by atoms with Crippen LogP contribution in [-0.2, 0) is 9.53 Å². The van der Waals surface area contributed by atoms with Gasteiger partial charge in [0.05, 0.1) is 18.4 Å². The SMILES string of the molecule is COC(=O)CN(C(=O)c1cc(N)c(F)cc1Br)C(C)C. The van der Waals surface area contributed by atoms with Gasteiger partial charge in [-0.3, -0.25) is 9.59 Å². The Labute approximate surface area is 125 Å². The molecule has 1 aromatic carbocycles. The number of nitrogen functional groups attached to an aromatic ring is 1. The highest BCUT2D eigenvalue weighted by molar-refractivity contribution is 9.10. The zero-order valence-corrected chi connectivity index (χ0v) is 13.0. The zero-order valence-electron chi connectivity index (χ0n) is 11.4. The first-order chi connectivity index (χ1) is 9.27. The van der Waals surface area contributed by atoms with Crippen LogP contribution in [0.25, 0.3) is 0 Å². The molecule has 0 aromatic heterocycles. The highest BCUT2D eigenvalue weighted by atomic mass is 79.9. The van der Waals surface area contributed by atoms with Gasteiger partial charge in [-0.15, -0.1) is 0 Å². The molecule has 0 saturated carbocycles. The lowest BCUT2D eigenvalue weighted by Gasteiger charge is -2.26. The normalized spacial score (nSPS) is 10.5. The van der Waals surface area contributed by atoms with Crippen molar-refractivity contribution in [3.8, 4) is 0 Å². The molecule has 110 valence electrons. The van der Waals surface area contributed by atoms with Crippen LogP contribution in [0.15, 0.2) is 16.6 Å². The number of nitrogens with zero attached hydrogens (tertiary/aromatic N) is 1. The summed E-state index contributed by atoms with van der Waals surface area (Å²) in [5, 5.41) is 0. The van der Waals surface area contributed by atoms with Gasteiger partial charge in [0, 0.05) is 10.5 Å². The van der Waals surface area contributed by atoms with Gasteiger partial charge in [0.1, 0.15) is 12.4 Å². The molecule has 0 aliphatic heterocycles. The van der Waals surface area contributed by atoms with Crippen molar-refractivity contribution in [2.24, 2.45) is 0 Å². The predicted molar refractivity (Wildman–Crippen MR) is 76.7 cm³/mol. The predicted octanol–water partition coefficient (Wildman–Crippen LogP) is 2.19. The number of anilines is 1. The summed E-state index contributed by atoms with van der Waals surface area (Å²) >= 11 is 3.12. The number of hydrogen-bond acceptors (Lipinski definition) is 4. The molecular formula is C13H16BrFN2O3. The van der Waals surface area contributed by atoms with Gasteiger partial charge in [0.15, 0.2) is 0 Å². The summed E-state index contributed by atoms with van der Waals surface area (Å²) in [6.45, 7) is 3.35. The lowest BCUT2D eigenvalue weighted by atomic mass is 10.1. The fourth-order valence-electron chi connectivity index (χ4n) is 1.58. The maximum Gasteiger partial charge on any atom is 0.325 e. The molecule has 0 fully saturated rings. The average molecular weight is 347 g/mol. The molecule has 7 heteroatoms. The third-order valence-corrected chi connectivity index (χ3v) is 3.38. The molecule has 0 aliphatic carbocycles. The summed E-state index contributed by atoms with van der Waals surface area (Å²) in [5.41, 5.74) is 5.54. The zero-order chi connectivity index (χ0) is 15.4. The Bertz CT molecular complexity index is 535. The largest absolute Gasteiger partial charge is 0.468 e. The van der Waals surface area contributed by atoms with Gasteiger partial charge in [-0.05, 0) is 41.9 Å². The van der Waals surface area contributed by atoms with Crippen LogP contribution in [-0.4, -0.2) is 36.5 Å². The number of hydrogen-bond donors (Lipinski definition) is 1. The Morgan fingerprint density at radius 3 is 2.55 bits per heavy atom. The third kappa shape index (κ3) is 3.69. The molecule has 1 aromatic rings. The number of esters is 1. The van der Waals surface area contributed by atoms with E-state index in [1.54, 1.807) is 13.8 Å². The second-order valence-electron chi connectivity index (χ2n) is 4.46. The fourth-order valence-corrected chi connectivity index (χ4v) is 2.06. The van der Waals surface area contributed by atoms with Crippen molar-refractivity contribution in [3.63, 3.8) is 0 Å². The third-order valence-electron chi connectivity index (χ3n) is 2.73. The lowest BCUT2D eigenvalue weighted by Crippen LogP contribution is -2.41. The number of benzene rings is 1. The van der Waals surface area contributed by atoms with Gasteiger partial charge in [-0.25, -0.2) is 4.39 Å². The highest BCUT2D eigenvalue weighted by Crippen LogP contribution is 2.24. The lowest BCUT2D eigenvalue weighted by molar-refractivity contribution is -0.141. The van der Waals surface area contributed by atoms with Crippen LogP contribution >= 0.6 is 15.9 Å². The summed E-state index contributed by atoms with van der Waals surface area (Å²) in [6.07, 6.45) is 0. The quantitative estimate of drug-likeness (QED) is 0.669. The van der Waals surface area contributed by atoms with E-state index < -0.39 is 17.7 Å². The Morgan fingerprint density at radius 2 is 2.05 bits per heavy atom. The summed E-state index contributed by atoms with van der Waals surface area (Å²) in [7, 11) is 1.25. The Morgan fingerprint density at radius 1 is 1.45 bits per heavy atom. The molecule has 0 bridgehead atoms. The van der Waals surface area contributed by atoms with Crippen molar-refractivity contribution < 1.29 is 18.7 Å². The van der Waals surface area contributed by atoms with Crippen LogP contribution in [0.2, 0.25) is 0 Å². The molecule has 20 heavy (non-hydrogen) atoms. The Kier molecular flexibility index (Phi) is 5.50. The molecule has 5 nitrogen and oxygen atoms in total. The molecule has 0 spiro atoms.